The van der Waals surface area contributed by atoms with Gasteiger partial charge in [-0.1, -0.05) is 72.6 Å². The van der Waals surface area contributed by atoms with Crippen LogP contribution in [0.3, 0.4) is 0 Å². The van der Waals surface area contributed by atoms with Crippen molar-refractivity contribution in [2.75, 3.05) is 0 Å². The molecule has 1 nitrogen and oxygen atoms in total. The summed E-state index contributed by atoms with van der Waals surface area (Å²) in [7, 11) is 0. The monoisotopic (exact) mass is 241 g/mol. The van der Waals surface area contributed by atoms with Gasteiger partial charge in [0.25, 0.3) is 0 Å². The van der Waals surface area contributed by atoms with Crippen LogP contribution in [0.25, 0.3) is 0 Å². The first kappa shape index (κ1) is 17.0. The van der Waals surface area contributed by atoms with Crippen molar-refractivity contribution >= 4 is 0 Å². The molecule has 17 heavy (non-hydrogen) atoms. The van der Waals surface area contributed by atoms with Gasteiger partial charge in [0.2, 0.25) is 0 Å². The fourth-order valence-corrected chi connectivity index (χ4v) is 2.54. The molecule has 0 aliphatic heterocycles. The lowest BCUT2D eigenvalue weighted by Gasteiger charge is -2.33. The Balaban J connectivity index is 4.21. The van der Waals surface area contributed by atoms with Crippen LogP contribution in [0.15, 0.2) is 0 Å². The van der Waals surface area contributed by atoms with Crippen LogP contribution in [-0.4, -0.2) is 6.10 Å². The van der Waals surface area contributed by atoms with Crippen molar-refractivity contribution in [3.05, 3.63) is 0 Å². The van der Waals surface area contributed by atoms with E-state index in [4.69, 9.17) is 0 Å². The fourth-order valence-electron chi connectivity index (χ4n) is 2.54. The molecular weight excluding hydrogens is 208 g/mol. The molecule has 1 heteroatoms. The summed E-state index contributed by atoms with van der Waals surface area (Å²) in [6.45, 7) is 8.88. The summed E-state index contributed by atoms with van der Waals surface area (Å²) in [6.07, 6.45) is 11.2. The van der Waals surface area contributed by atoms with Crippen LogP contribution >= 0.6 is 0 Å². The molecule has 1 atom stereocenters. The molecule has 0 aromatic carbocycles. The Bertz CT molecular complexity index is 157. The van der Waals surface area contributed by atoms with E-state index in [1.165, 1.54) is 38.5 Å². The molecule has 0 aliphatic carbocycles. The zero-order valence-electron chi connectivity index (χ0n) is 12.6. The van der Waals surface area contributed by atoms with Crippen LogP contribution in [0.1, 0.15) is 91.9 Å². The number of rotatable bonds is 11. The van der Waals surface area contributed by atoms with E-state index in [-0.39, 0.29) is 11.5 Å². The Hall–Kier alpha value is -0.0400. The van der Waals surface area contributed by atoms with Gasteiger partial charge in [0.1, 0.15) is 0 Å². The quantitative estimate of drug-likeness (QED) is 0.410. The van der Waals surface area contributed by atoms with Crippen molar-refractivity contribution in [2.45, 2.75) is 98.0 Å². The van der Waals surface area contributed by atoms with Gasteiger partial charge in [0.05, 0.1) is 6.10 Å². The maximum atomic E-state index is 12.4. The van der Waals surface area contributed by atoms with E-state index < -0.39 is 0 Å². The molecule has 0 aromatic heterocycles. The van der Waals surface area contributed by atoms with Crippen LogP contribution < -0.4 is 0 Å². The highest BCUT2D eigenvalue weighted by Crippen LogP contribution is 2.36. The van der Waals surface area contributed by atoms with E-state index in [2.05, 4.69) is 27.7 Å². The second-order valence-corrected chi connectivity index (χ2v) is 5.85. The van der Waals surface area contributed by atoms with Crippen LogP contribution in [0.4, 0.5) is 0 Å². The molecule has 0 saturated carbocycles. The lowest BCUT2D eigenvalue weighted by atomic mass is 9.74. The second-order valence-electron chi connectivity index (χ2n) is 5.85. The van der Waals surface area contributed by atoms with Crippen molar-refractivity contribution < 1.29 is 5.11 Å². The van der Waals surface area contributed by atoms with Gasteiger partial charge < -0.3 is 0 Å². The minimum atomic E-state index is -0.341. The Morgan fingerprint density at radius 2 is 1.29 bits per heavy atom. The highest BCUT2D eigenvalue weighted by atomic mass is 16.3. The average molecular weight is 241 g/mol. The highest BCUT2D eigenvalue weighted by Gasteiger charge is 2.32. The molecule has 0 N–H and O–H groups in total. The average Bonchev–Trinajstić information content (AvgIpc) is 2.34. The van der Waals surface area contributed by atoms with Gasteiger partial charge in [-0.25, -0.2) is 5.11 Å². The smallest absolute Gasteiger partial charge is 0.0983 e. The summed E-state index contributed by atoms with van der Waals surface area (Å²) in [6, 6.07) is 0. The summed E-state index contributed by atoms with van der Waals surface area (Å²) in [4.78, 5) is 0. The van der Waals surface area contributed by atoms with Gasteiger partial charge in [0, 0.05) is 0 Å². The first-order chi connectivity index (χ1) is 8.10. The molecule has 0 fully saturated rings. The van der Waals surface area contributed by atoms with Gasteiger partial charge in [-0.3, -0.25) is 0 Å². The van der Waals surface area contributed by atoms with Crippen molar-refractivity contribution in [3.63, 3.8) is 0 Å². The van der Waals surface area contributed by atoms with Gasteiger partial charge in [-0.05, 0) is 24.7 Å². The molecule has 1 unspecified atom stereocenters. The Kier molecular flexibility index (Phi) is 9.91. The summed E-state index contributed by atoms with van der Waals surface area (Å²) in [5, 5.41) is 12.4. The van der Waals surface area contributed by atoms with Gasteiger partial charge >= 0.3 is 0 Å². The third kappa shape index (κ3) is 7.08. The third-order valence-corrected chi connectivity index (χ3v) is 4.05. The predicted molar refractivity (Wildman–Crippen MR) is 75.8 cm³/mol. The van der Waals surface area contributed by atoms with E-state index in [1.807, 2.05) is 0 Å². The Morgan fingerprint density at radius 1 is 0.824 bits per heavy atom. The zero-order valence-corrected chi connectivity index (χ0v) is 12.6. The van der Waals surface area contributed by atoms with E-state index in [0.717, 1.165) is 25.7 Å². The van der Waals surface area contributed by atoms with Crippen LogP contribution in [0.2, 0.25) is 0 Å². The SMILES string of the molecule is CCCCCC([O])C(C)(CCCC)CCCC. The molecule has 0 heterocycles. The van der Waals surface area contributed by atoms with E-state index >= 15 is 0 Å². The third-order valence-electron chi connectivity index (χ3n) is 4.05. The van der Waals surface area contributed by atoms with Crippen LogP contribution in [0.5, 0.6) is 0 Å². The molecule has 0 saturated heterocycles. The van der Waals surface area contributed by atoms with Crippen molar-refractivity contribution in [1.82, 2.24) is 0 Å². The van der Waals surface area contributed by atoms with Crippen LogP contribution in [-0.2, 0) is 5.11 Å². The van der Waals surface area contributed by atoms with Crippen molar-refractivity contribution in [1.29, 1.82) is 0 Å². The maximum absolute atomic E-state index is 12.4. The van der Waals surface area contributed by atoms with Crippen molar-refractivity contribution in [3.8, 4) is 0 Å². The highest BCUT2D eigenvalue weighted by molar-refractivity contribution is 4.82. The minimum Gasteiger partial charge on any atom is -0.233 e. The van der Waals surface area contributed by atoms with Crippen LogP contribution in [0, 0.1) is 5.41 Å². The number of hydrogen-bond acceptors (Lipinski definition) is 0. The summed E-state index contributed by atoms with van der Waals surface area (Å²) in [5.41, 5.74) is 0.0553. The van der Waals surface area contributed by atoms with Gasteiger partial charge in [0.15, 0.2) is 0 Å². The largest absolute Gasteiger partial charge is 0.233 e. The maximum Gasteiger partial charge on any atom is 0.0983 e. The Labute approximate surface area is 109 Å². The standard InChI is InChI=1S/C16H33O/c1-5-8-11-12-15(17)16(4,13-9-6-2)14-10-7-3/h15H,5-14H2,1-4H3. The molecule has 0 rings (SSSR count). The zero-order chi connectivity index (χ0) is 13.1. The first-order valence-electron chi connectivity index (χ1n) is 7.76. The minimum absolute atomic E-state index is 0.0553. The molecule has 103 valence electrons. The molecule has 0 spiro atoms. The molecular formula is C16H33O. The second kappa shape index (κ2) is 9.94. The predicted octanol–water partition coefficient (Wildman–Crippen LogP) is 5.75. The molecule has 1 radical (unpaired) electrons. The number of hydrogen-bond donors (Lipinski definition) is 0. The topological polar surface area (TPSA) is 19.9 Å². The molecule has 0 aromatic rings. The fraction of sp³-hybridized carbons (Fsp3) is 1.00. The summed E-state index contributed by atoms with van der Waals surface area (Å²) in [5.74, 6) is 0. The molecule has 0 aliphatic rings. The van der Waals surface area contributed by atoms with E-state index in [9.17, 15) is 5.11 Å². The summed E-state index contributed by atoms with van der Waals surface area (Å²) < 4.78 is 0. The van der Waals surface area contributed by atoms with Gasteiger partial charge in [-0.15, -0.1) is 0 Å². The normalized spacial score (nSPS) is 13.9. The molecule has 0 amide bonds. The van der Waals surface area contributed by atoms with E-state index in [1.54, 1.807) is 0 Å². The Morgan fingerprint density at radius 3 is 1.71 bits per heavy atom. The van der Waals surface area contributed by atoms with E-state index in [0.29, 0.717) is 0 Å². The number of unbranched alkanes of at least 4 members (excludes halogenated alkanes) is 4. The molecule has 0 bridgehead atoms. The van der Waals surface area contributed by atoms with Crippen molar-refractivity contribution in [2.24, 2.45) is 5.41 Å². The van der Waals surface area contributed by atoms with Gasteiger partial charge in [-0.2, -0.15) is 0 Å². The first-order valence-corrected chi connectivity index (χ1v) is 7.76. The summed E-state index contributed by atoms with van der Waals surface area (Å²) >= 11 is 0. The lowest BCUT2D eigenvalue weighted by molar-refractivity contribution is -0.0375. The lowest BCUT2D eigenvalue weighted by Crippen LogP contribution is -2.31.